The second-order valence-electron chi connectivity index (χ2n) is 5.44. The molecule has 0 aliphatic rings. The SMILES string of the molecule is COC(=O)C(CC(C)C)NC(C)c1cn(C)nc1C. The quantitative estimate of drug-likeness (QED) is 0.801. The Labute approximate surface area is 115 Å². The van der Waals surface area contributed by atoms with Crippen molar-refractivity contribution in [3.63, 3.8) is 0 Å². The van der Waals surface area contributed by atoms with Gasteiger partial charge in [0.05, 0.1) is 12.8 Å². The fraction of sp³-hybridized carbons (Fsp3) is 0.714. The molecule has 1 aromatic heterocycles. The number of hydrogen-bond acceptors (Lipinski definition) is 4. The van der Waals surface area contributed by atoms with Crippen molar-refractivity contribution in [1.29, 1.82) is 0 Å². The standard InChI is InChI=1S/C14H25N3O2/c1-9(2)7-13(14(18)19-6)15-10(3)12-8-17(5)16-11(12)4/h8-10,13,15H,7H2,1-6H3. The Balaban J connectivity index is 2.78. The van der Waals surface area contributed by atoms with Crippen LogP contribution in [0.1, 0.15) is 44.5 Å². The third-order valence-electron chi connectivity index (χ3n) is 3.16. The Morgan fingerprint density at radius 2 is 2.11 bits per heavy atom. The molecule has 0 saturated carbocycles. The minimum atomic E-state index is -0.278. The van der Waals surface area contributed by atoms with E-state index in [1.807, 2.05) is 27.1 Å². The van der Waals surface area contributed by atoms with Crippen molar-refractivity contribution in [2.75, 3.05) is 7.11 Å². The van der Waals surface area contributed by atoms with Gasteiger partial charge in [0.25, 0.3) is 0 Å². The monoisotopic (exact) mass is 267 g/mol. The molecule has 1 heterocycles. The maximum atomic E-state index is 11.8. The van der Waals surface area contributed by atoms with Gasteiger partial charge in [-0.1, -0.05) is 13.8 Å². The number of aromatic nitrogens is 2. The molecule has 19 heavy (non-hydrogen) atoms. The maximum absolute atomic E-state index is 11.8. The number of nitrogens with zero attached hydrogens (tertiary/aromatic N) is 2. The first kappa shape index (κ1) is 15.7. The summed E-state index contributed by atoms with van der Waals surface area (Å²) in [5.41, 5.74) is 2.09. The zero-order valence-electron chi connectivity index (χ0n) is 12.7. The van der Waals surface area contributed by atoms with Gasteiger partial charge in [-0.3, -0.25) is 14.8 Å². The summed E-state index contributed by atoms with van der Waals surface area (Å²) in [7, 11) is 3.33. The van der Waals surface area contributed by atoms with Gasteiger partial charge in [-0.25, -0.2) is 0 Å². The highest BCUT2D eigenvalue weighted by Crippen LogP contribution is 2.18. The van der Waals surface area contributed by atoms with Crippen LogP contribution in [0.4, 0.5) is 0 Å². The molecule has 1 rings (SSSR count). The molecule has 0 radical (unpaired) electrons. The van der Waals surface area contributed by atoms with Crippen LogP contribution in [-0.4, -0.2) is 28.9 Å². The lowest BCUT2D eigenvalue weighted by Crippen LogP contribution is -2.40. The highest BCUT2D eigenvalue weighted by Gasteiger charge is 2.23. The Kier molecular flexibility index (Phi) is 5.54. The van der Waals surface area contributed by atoms with Crippen molar-refractivity contribution < 1.29 is 9.53 Å². The predicted molar refractivity (Wildman–Crippen MR) is 74.8 cm³/mol. The molecule has 0 fully saturated rings. The Morgan fingerprint density at radius 1 is 1.47 bits per heavy atom. The molecule has 1 N–H and O–H groups in total. The number of hydrogen-bond donors (Lipinski definition) is 1. The maximum Gasteiger partial charge on any atom is 0.322 e. The summed E-state index contributed by atoms with van der Waals surface area (Å²) in [5, 5.41) is 7.67. The first-order valence-corrected chi connectivity index (χ1v) is 6.69. The molecular formula is C14H25N3O2. The number of methoxy groups -OCH3 is 1. The van der Waals surface area contributed by atoms with E-state index in [0.717, 1.165) is 17.7 Å². The lowest BCUT2D eigenvalue weighted by molar-refractivity contribution is -0.143. The van der Waals surface area contributed by atoms with E-state index in [0.29, 0.717) is 5.92 Å². The molecule has 0 aliphatic heterocycles. The van der Waals surface area contributed by atoms with Crippen LogP contribution < -0.4 is 5.32 Å². The third-order valence-corrected chi connectivity index (χ3v) is 3.16. The molecule has 2 atom stereocenters. The van der Waals surface area contributed by atoms with E-state index in [4.69, 9.17) is 4.74 Å². The van der Waals surface area contributed by atoms with Gasteiger partial charge in [0.15, 0.2) is 0 Å². The van der Waals surface area contributed by atoms with Crippen LogP contribution in [0, 0.1) is 12.8 Å². The second kappa shape index (κ2) is 6.70. The minimum Gasteiger partial charge on any atom is -0.468 e. The Bertz CT molecular complexity index is 426. The van der Waals surface area contributed by atoms with Gasteiger partial charge < -0.3 is 4.74 Å². The summed E-state index contributed by atoms with van der Waals surface area (Å²) in [5.74, 6) is 0.223. The highest BCUT2D eigenvalue weighted by atomic mass is 16.5. The van der Waals surface area contributed by atoms with Crippen molar-refractivity contribution in [1.82, 2.24) is 15.1 Å². The molecule has 0 aliphatic carbocycles. The molecule has 108 valence electrons. The van der Waals surface area contributed by atoms with Crippen LogP contribution in [0.15, 0.2) is 6.20 Å². The zero-order chi connectivity index (χ0) is 14.6. The molecular weight excluding hydrogens is 242 g/mol. The van der Waals surface area contributed by atoms with E-state index in [2.05, 4.69) is 24.3 Å². The smallest absolute Gasteiger partial charge is 0.322 e. The number of ether oxygens (including phenoxy) is 1. The van der Waals surface area contributed by atoms with Crippen LogP contribution in [0.25, 0.3) is 0 Å². The van der Waals surface area contributed by atoms with Gasteiger partial charge in [0.2, 0.25) is 0 Å². The summed E-state index contributed by atoms with van der Waals surface area (Å²) >= 11 is 0. The van der Waals surface area contributed by atoms with Crippen molar-refractivity contribution in [3.05, 3.63) is 17.5 Å². The van der Waals surface area contributed by atoms with Gasteiger partial charge in [-0.15, -0.1) is 0 Å². The molecule has 1 aromatic rings. The zero-order valence-corrected chi connectivity index (χ0v) is 12.7. The average molecular weight is 267 g/mol. The van der Waals surface area contributed by atoms with E-state index in [-0.39, 0.29) is 18.1 Å². The van der Waals surface area contributed by atoms with Gasteiger partial charge in [-0.05, 0) is 26.2 Å². The number of aryl methyl sites for hydroxylation is 2. The largest absolute Gasteiger partial charge is 0.468 e. The molecule has 0 bridgehead atoms. The van der Waals surface area contributed by atoms with Crippen molar-refractivity contribution in [2.45, 2.75) is 46.2 Å². The number of nitrogens with one attached hydrogen (secondary N) is 1. The Hall–Kier alpha value is -1.36. The molecule has 0 amide bonds. The highest BCUT2D eigenvalue weighted by molar-refractivity contribution is 5.75. The fourth-order valence-electron chi connectivity index (χ4n) is 2.28. The van der Waals surface area contributed by atoms with E-state index in [1.54, 1.807) is 4.68 Å². The lowest BCUT2D eigenvalue weighted by Gasteiger charge is -2.22. The summed E-state index contributed by atoms with van der Waals surface area (Å²) in [6, 6.07) is -0.212. The van der Waals surface area contributed by atoms with Crippen molar-refractivity contribution >= 4 is 5.97 Å². The summed E-state index contributed by atoms with van der Waals surface area (Å²) in [6.45, 7) is 8.21. The van der Waals surface area contributed by atoms with Gasteiger partial charge in [0.1, 0.15) is 6.04 Å². The van der Waals surface area contributed by atoms with Crippen LogP contribution in [0.2, 0.25) is 0 Å². The second-order valence-corrected chi connectivity index (χ2v) is 5.44. The van der Waals surface area contributed by atoms with Crippen LogP contribution in [0.3, 0.4) is 0 Å². The van der Waals surface area contributed by atoms with E-state index >= 15 is 0 Å². The van der Waals surface area contributed by atoms with Crippen LogP contribution in [-0.2, 0) is 16.6 Å². The van der Waals surface area contributed by atoms with Gasteiger partial charge in [-0.2, -0.15) is 5.10 Å². The lowest BCUT2D eigenvalue weighted by atomic mass is 10.0. The number of rotatable bonds is 6. The minimum absolute atomic E-state index is 0.0662. The molecule has 0 saturated heterocycles. The first-order chi connectivity index (χ1) is 8.85. The van der Waals surface area contributed by atoms with Crippen LogP contribution >= 0.6 is 0 Å². The molecule has 2 unspecified atom stereocenters. The first-order valence-electron chi connectivity index (χ1n) is 6.69. The molecule has 5 nitrogen and oxygen atoms in total. The van der Waals surface area contributed by atoms with Crippen molar-refractivity contribution in [3.8, 4) is 0 Å². The summed E-state index contributed by atoms with van der Waals surface area (Å²) < 4.78 is 6.65. The predicted octanol–water partition coefficient (Wildman–Crippen LogP) is 1.97. The van der Waals surface area contributed by atoms with Gasteiger partial charge in [0, 0.05) is 24.8 Å². The average Bonchev–Trinajstić information content (AvgIpc) is 2.66. The number of esters is 1. The number of carbonyl (C=O) groups is 1. The molecule has 5 heteroatoms. The van der Waals surface area contributed by atoms with Crippen LogP contribution in [0.5, 0.6) is 0 Å². The van der Waals surface area contributed by atoms with E-state index in [1.165, 1.54) is 7.11 Å². The number of carbonyl (C=O) groups excluding carboxylic acids is 1. The Morgan fingerprint density at radius 3 is 2.53 bits per heavy atom. The van der Waals surface area contributed by atoms with E-state index in [9.17, 15) is 4.79 Å². The topological polar surface area (TPSA) is 56.1 Å². The molecule has 0 spiro atoms. The normalized spacial score (nSPS) is 14.5. The fourth-order valence-corrected chi connectivity index (χ4v) is 2.28. The summed E-state index contributed by atoms with van der Waals surface area (Å²) in [4.78, 5) is 11.8. The summed E-state index contributed by atoms with van der Waals surface area (Å²) in [6.07, 6.45) is 2.74. The molecule has 0 aromatic carbocycles. The van der Waals surface area contributed by atoms with Gasteiger partial charge >= 0.3 is 5.97 Å². The van der Waals surface area contributed by atoms with Crippen molar-refractivity contribution in [2.24, 2.45) is 13.0 Å². The van der Waals surface area contributed by atoms with E-state index < -0.39 is 0 Å². The third kappa shape index (κ3) is 4.35.